The molecule has 32 heavy (non-hydrogen) atoms. The molecule has 2 aromatic heterocycles. The minimum Gasteiger partial charge on any atom is -0.385 e. The van der Waals surface area contributed by atoms with Gasteiger partial charge in [-0.2, -0.15) is 4.98 Å². The van der Waals surface area contributed by atoms with Crippen molar-refractivity contribution in [2.75, 3.05) is 13.1 Å². The summed E-state index contributed by atoms with van der Waals surface area (Å²) in [6, 6.07) is 20.5. The number of rotatable bonds is 4. The average molecular weight is 426 g/mol. The zero-order valence-corrected chi connectivity index (χ0v) is 17.4. The number of nitrogens with zero attached hydrogens (tertiary/aromatic N) is 4. The Morgan fingerprint density at radius 1 is 0.969 bits per heavy atom. The van der Waals surface area contributed by atoms with E-state index in [1.54, 1.807) is 23.4 Å². The maximum atomic E-state index is 13.4. The Morgan fingerprint density at radius 2 is 1.72 bits per heavy atom. The predicted octanol–water partition coefficient (Wildman–Crippen LogP) is 3.92. The number of hydrogen-bond acceptors (Lipinski definition) is 6. The summed E-state index contributed by atoms with van der Waals surface area (Å²) in [5.41, 5.74) is 1.76. The van der Waals surface area contributed by atoms with Crippen molar-refractivity contribution in [1.82, 2.24) is 20.0 Å². The largest absolute Gasteiger partial charge is 0.385 e. The SMILES string of the molecule is O=C(c1ccccc1-c1nc(-c2ccccc2)no1)N1CCC(O)(c2cccnc2)CC1. The van der Waals surface area contributed by atoms with Gasteiger partial charge in [0.05, 0.1) is 16.7 Å². The summed E-state index contributed by atoms with van der Waals surface area (Å²) in [6.07, 6.45) is 4.27. The van der Waals surface area contributed by atoms with Gasteiger partial charge in [-0.15, -0.1) is 0 Å². The molecule has 1 amide bonds. The number of hydrogen-bond donors (Lipinski definition) is 1. The van der Waals surface area contributed by atoms with E-state index >= 15 is 0 Å². The summed E-state index contributed by atoms with van der Waals surface area (Å²) < 4.78 is 5.50. The lowest BCUT2D eigenvalue weighted by atomic mass is 9.85. The van der Waals surface area contributed by atoms with E-state index in [4.69, 9.17) is 4.52 Å². The van der Waals surface area contributed by atoms with Crippen molar-refractivity contribution in [3.8, 4) is 22.8 Å². The molecular formula is C25H22N4O3. The number of amides is 1. The Labute approximate surface area is 185 Å². The molecule has 5 rings (SSSR count). The van der Waals surface area contributed by atoms with Gasteiger partial charge in [0.25, 0.3) is 11.8 Å². The van der Waals surface area contributed by atoms with E-state index in [0.717, 1.165) is 11.1 Å². The van der Waals surface area contributed by atoms with E-state index in [9.17, 15) is 9.90 Å². The van der Waals surface area contributed by atoms with Crippen LogP contribution in [-0.2, 0) is 5.60 Å². The lowest BCUT2D eigenvalue weighted by Gasteiger charge is -2.38. The van der Waals surface area contributed by atoms with Crippen LogP contribution in [0.3, 0.4) is 0 Å². The normalized spacial score (nSPS) is 15.5. The zero-order chi connectivity index (χ0) is 22.0. The van der Waals surface area contributed by atoms with Gasteiger partial charge in [0, 0.05) is 36.6 Å². The highest BCUT2D eigenvalue weighted by Crippen LogP contribution is 2.33. The highest BCUT2D eigenvalue weighted by Gasteiger charge is 2.36. The molecule has 160 valence electrons. The molecule has 0 aliphatic carbocycles. The fraction of sp³-hybridized carbons (Fsp3) is 0.200. The van der Waals surface area contributed by atoms with E-state index < -0.39 is 5.60 Å². The van der Waals surface area contributed by atoms with E-state index in [0.29, 0.717) is 48.8 Å². The van der Waals surface area contributed by atoms with Gasteiger partial charge < -0.3 is 14.5 Å². The van der Waals surface area contributed by atoms with Crippen molar-refractivity contribution in [1.29, 1.82) is 0 Å². The van der Waals surface area contributed by atoms with Gasteiger partial charge in [0.2, 0.25) is 5.82 Å². The van der Waals surface area contributed by atoms with Gasteiger partial charge in [0.15, 0.2) is 0 Å². The second kappa shape index (κ2) is 8.36. The average Bonchev–Trinajstić information content (AvgIpc) is 3.36. The molecule has 0 bridgehead atoms. The van der Waals surface area contributed by atoms with Crippen LogP contribution in [0.5, 0.6) is 0 Å². The molecule has 1 saturated heterocycles. The van der Waals surface area contributed by atoms with Crippen molar-refractivity contribution < 1.29 is 14.4 Å². The monoisotopic (exact) mass is 426 g/mol. The first-order chi connectivity index (χ1) is 15.6. The van der Waals surface area contributed by atoms with Gasteiger partial charge >= 0.3 is 0 Å². The number of aliphatic hydroxyl groups is 1. The molecule has 3 heterocycles. The van der Waals surface area contributed by atoms with Crippen LogP contribution in [0.2, 0.25) is 0 Å². The number of piperidine rings is 1. The Morgan fingerprint density at radius 3 is 2.47 bits per heavy atom. The second-order valence-corrected chi connectivity index (χ2v) is 7.90. The summed E-state index contributed by atoms with van der Waals surface area (Å²) in [5, 5.41) is 15.1. The van der Waals surface area contributed by atoms with Crippen molar-refractivity contribution in [3.05, 3.63) is 90.3 Å². The van der Waals surface area contributed by atoms with Crippen molar-refractivity contribution in [2.45, 2.75) is 18.4 Å². The fourth-order valence-corrected chi connectivity index (χ4v) is 4.07. The number of carbonyl (C=O) groups excluding carboxylic acids is 1. The Balaban J connectivity index is 1.37. The van der Waals surface area contributed by atoms with Crippen LogP contribution in [0, 0.1) is 0 Å². The summed E-state index contributed by atoms with van der Waals surface area (Å²) in [6.45, 7) is 0.884. The molecule has 1 aliphatic heterocycles. The van der Waals surface area contributed by atoms with Gasteiger partial charge in [-0.1, -0.05) is 53.7 Å². The molecule has 7 nitrogen and oxygen atoms in total. The van der Waals surface area contributed by atoms with Gasteiger partial charge in [0.1, 0.15) is 0 Å². The van der Waals surface area contributed by atoms with Crippen LogP contribution >= 0.6 is 0 Å². The molecule has 0 unspecified atom stereocenters. The minimum absolute atomic E-state index is 0.117. The van der Waals surface area contributed by atoms with Gasteiger partial charge in [-0.05, 0) is 31.0 Å². The Kier molecular flexibility index (Phi) is 5.25. The molecule has 0 saturated carbocycles. The molecular weight excluding hydrogens is 404 g/mol. The molecule has 0 radical (unpaired) electrons. The maximum absolute atomic E-state index is 13.4. The maximum Gasteiger partial charge on any atom is 0.259 e. The number of benzene rings is 2. The summed E-state index contributed by atoms with van der Waals surface area (Å²) in [7, 11) is 0. The standard InChI is InChI=1S/C25H22N4O3/c30-24(29-15-12-25(31,13-16-29)19-9-6-14-26-17-19)21-11-5-4-10-20(21)23-27-22(28-32-23)18-7-2-1-3-8-18/h1-11,14,17,31H,12-13,15-16H2. The third-order valence-electron chi connectivity index (χ3n) is 5.92. The molecule has 1 N–H and O–H groups in total. The molecule has 0 atom stereocenters. The first-order valence-corrected chi connectivity index (χ1v) is 10.5. The third-order valence-corrected chi connectivity index (χ3v) is 5.92. The van der Waals surface area contributed by atoms with Crippen LogP contribution in [-0.4, -0.2) is 44.1 Å². The minimum atomic E-state index is -0.971. The molecule has 7 heteroatoms. The highest BCUT2D eigenvalue weighted by molar-refractivity contribution is 6.00. The molecule has 2 aromatic carbocycles. The number of likely N-dealkylation sites (tertiary alicyclic amines) is 1. The van der Waals surface area contributed by atoms with Crippen molar-refractivity contribution >= 4 is 5.91 Å². The van der Waals surface area contributed by atoms with Crippen LogP contribution in [0.1, 0.15) is 28.8 Å². The highest BCUT2D eigenvalue weighted by atomic mass is 16.5. The number of aromatic nitrogens is 3. The first-order valence-electron chi connectivity index (χ1n) is 10.5. The molecule has 1 aliphatic rings. The smallest absolute Gasteiger partial charge is 0.259 e. The summed E-state index contributed by atoms with van der Waals surface area (Å²) in [5.74, 6) is 0.660. The summed E-state index contributed by atoms with van der Waals surface area (Å²) in [4.78, 5) is 23.7. The predicted molar refractivity (Wildman–Crippen MR) is 118 cm³/mol. The topological polar surface area (TPSA) is 92.4 Å². The summed E-state index contributed by atoms with van der Waals surface area (Å²) >= 11 is 0. The quantitative estimate of drug-likeness (QED) is 0.532. The number of carbonyl (C=O) groups is 1. The van der Waals surface area contributed by atoms with Crippen LogP contribution in [0.4, 0.5) is 0 Å². The lowest BCUT2D eigenvalue weighted by Crippen LogP contribution is -2.45. The first kappa shape index (κ1) is 20.1. The lowest BCUT2D eigenvalue weighted by molar-refractivity contribution is -0.0213. The molecule has 0 spiro atoms. The van der Waals surface area contributed by atoms with E-state index in [-0.39, 0.29) is 5.91 Å². The van der Waals surface area contributed by atoms with Crippen LogP contribution in [0.25, 0.3) is 22.8 Å². The van der Waals surface area contributed by atoms with Gasteiger partial charge in [-0.3, -0.25) is 9.78 Å². The molecule has 1 fully saturated rings. The Bertz CT molecular complexity index is 1220. The molecule has 4 aromatic rings. The fourth-order valence-electron chi connectivity index (χ4n) is 4.07. The van der Waals surface area contributed by atoms with E-state index in [2.05, 4.69) is 15.1 Å². The number of pyridine rings is 1. The van der Waals surface area contributed by atoms with Crippen LogP contribution in [0.15, 0.2) is 83.6 Å². The zero-order valence-electron chi connectivity index (χ0n) is 17.4. The van der Waals surface area contributed by atoms with E-state index in [1.165, 1.54) is 0 Å². The van der Waals surface area contributed by atoms with Crippen molar-refractivity contribution in [2.24, 2.45) is 0 Å². The second-order valence-electron chi connectivity index (χ2n) is 7.90. The van der Waals surface area contributed by atoms with Crippen molar-refractivity contribution in [3.63, 3.8) is 0 Å². The van der Waals surface area contributed by atoms with Crippen LogP contribution < -0.4 is 0 Å². The van der Waals surface area contributed by atoms with Gasteiger partial charge in [-0.25, -0.2) is 0 Å². The van der Waals surface area contributed by atoms with E-state index in [1.807, 2.05) is 60.7 Å². The third kappa shape index (κ3) is 3.78. The Hall–Kier alpha value is -3.84.